The molecule has 20 heavy (non-hydrogen) atoms. The zero-order valence-corrected chi connectivity index (χ0v) is 13.2. The van der Waals surface area contributed by atoms with Crippen LogP contribution < -0.4 is 10.2 Å². The highest BCUT2D eigenvalue weighted by molar-refractivity contribution is 7.16. The summed E-state index contributed by atoms with van der Waals surface area (Å²) >= 11 is 1.69. The molecule has 1 aliphatic heterocycles. The molecule has 1 saturated heterocycles. The Bertz CT molecular complexity index is 593. The molecule has 1 aliphatic rings. The van der Waals surface area contributed by atoms with E-state index in [2.05, 4.69) is 47.4 Å². The molecule has 4 nitrogen and oxygen atoms in total. The maximum Gasteiger partial charge on any atom is 0.226 e. The molecule has 0 radical (unpaired) electrons. The number of aromatic nitrogens is 2. The van der Waals surface area contributed by atoms with Crippen molar-refractivity contribution in [2.24, 2.45) is 11.8 Å². The van der Waals surface area contributed by atoms with E-state index in [1.165, 1.54) is 11.8 Å². The first-order chi connectivity index (χ1) is 9.69. The molecule has 0 amide bonds. The summed E-state index contributed by atoms with van der Waals surface area (Å²) in [5.41, 5.74) is 0. The number of anilines is 2. The molecule has 1 unspecified atom stereocenters. The molecule has 5 heteroatoms. The third kappa shape index (κ3) is 2.46. The zero-order valence-electron chi connectivity index (χ0n) is 12.4. The number of hydrogen-bond acceptors (Lipinski definition) is 5. The lowest BCUT2D eigenvalue weighted by Crippen LogP contribution is -2.23. The van der Waals surface area contributed by atoms with Gasteiger partial charge in [0.05, 0.1) is 5.39 Å². The Morgan fingerprint density at radius 3 is 3.00 bits per heavy atom. The highest BCUT2D eigenvalue weighted by Crippen LogP contribution is 2.33. The van der Waals surface area contributed by atoms with Gasteiger partial charge >= 0.3 is 0 Å². The molecule has 0 bridgehead atoms. The standard InChI is InChI=1S/C15H22N4S/c1-4-16-15-17-13(12-6-8-20-14(12)18-15)19-7-5-11(9-19)10(2)3/h6,8,10-11H,4-5,7,9H2,1-3H3,(H,16,17,18). The van der Waals surface area contributed by atoms with Crippen LogP contribution in [-0.2, 0) is 0 Å². The van der Waals surface area contributed by atoms with Gasteiger partial charge in [-0.1, -0.05) is 13.8 Å². The van der Waals surface area contributed by atoms with Crippen molar-refractivity contribution in [3.05, 3.63) is 11.4 Å². The van der Waals surface area contributed by atoms with E-state index >= 15 is 0 Å². The van der Waals surface area contributed by atoms with Gasteiger partial charge in [-0.3, -0.25) is 0 Å². The topological polar surface area (TPSA) is 41.1 Å². The Balaban J connectivity index is 1.95. The molecule has 0 spiro atoms. The third-order valence-corrected chi connectivity index (χ3v) is 4.91. The lowest BCUT2D eigenvalue weighted by Gasteiger charge is -2.20. The summed E-state index contributed by atoms with van der Waals surface area (Å²) in [5.74, 6) is 3.38. The molecule has 108 valence electrons. The first-order valence-electron chi connectivity index (χ1n) is 7.43. The average Bonchev–Trinajstić information content (AvgIpc) is 3.07. The minimum absolute atomic E-state index is 0.744. The molecule has 2 aromatic rings. The van der Waals surface area contributed by atoms with Gasteiger partial charge in [0.25, 0.3) is 0 Å². The fraction of sp³-hybridized carbons (Fsp3) is 0.600. The summed E-state index contributed by atoms with van der Waals surface area (Å²) in [6.45, 7) is 9.79. The predicted octanol–water partition coefficient (Wildman–Crippen LogP) is 3.61. The number of nitrogens with one attached hydrogen (secondary N) is 1. The van der Waals surface area contributed by atoms with Crippen LogP contribution in [0.25, 0.3) is 10.2 Å². The summed E-state index contributed by atoms with van der Waals surface area (Å²) in [4.78, 5) is 12.8. The molecule has 3 heterocycles. The first kappa shape index (κ1) is 13.6. The Morgan fingerprint density at radius 1 is 1.45 bits per heavy atom. The van der Waals surface area contributed by atoms with Crippen LogP contribution in [-0.4, -0.2) is 29.6 Å². The van der Waals surface area contributed by atoms with Crippen LogP contribution in [0.15, 0.2) is 11.4 Å². The van der Waals surface area contributed by atoms with Crippen LogP contribution in [0, 0.1) is 11.8 Å². The quantitative estimate of drug-likeness (QED) is 0.934. The fourth-order valence-corrected chi connectivity index (χ4v) is 3.60. The smallest absolute Gasteiger partial charge is 0.226 e. The SMILES string of the molecule is CCNc1nc(N2CCC(C(C)C)C2)c2ccsc2n1. The van der Waals surface area contributed by atoms with Gasteiger partial charge < -0.3 is 10.2 Å². The van der Waals surface area contributed by atoms with Gasteiger partial charge in [-0.2, -0.15) is 4.98 Å². The van der Waals surface area contributed by atoms with E-state index in [0.29, 0.717) is 0 Å². The number of thiophene rings is 1. The fourth-order valence-electron chi connectivity index (χ4n) is 2.84. The van der Waals surface area contributed by atoms with Crippen molar-refractivity contribution in [2.45, 2.75) is 27.2 Å². The summed E-state index contributed by atoms with van der Waals surface area (Å²) in [6.07, 6.45) is 1.27. The van der Waals surface area contributed by atoms with Crippen molar-refractivity contribution in [3.63, 3.8) is 0 Å². The van der Waals surface area contributed by atoms with E-state index in [4.69, 9.17) is 4.98 Å². The summed E-state index contributed by atoms with van der Waals surface area (Å²) < 4.78 is 0. The van der Waals surface area contributed by atoms with Gasteiger partial charge in [0.1, 0.15) is 10.6 Å². The summed E-state index contributed by atoms with van der Waals surface area (Å²) in [7, 11) is 0. The first-order valence-corrected chi connectivity index (χ1v) is 8.31. The van der Waals surface area contributed by atoms with E-state index in [1.54, 1.807) is 11.3 Å². The second kappa shape index (κ2) is 5.56. The second-order valence-electron chi connectivity index (χ2n) is 5.78. The maximum absolute atomic E-state index is 4.75. The van der Waals surface area contributed by atoms with Crippen molar-refractivity contribution < 1.29 is 0 Å². The molecular formula is C15H22N4S. The highest BCUT2D eigenvalue weighted by Gasteiger charge is 2.27. The maximum atomic E-state index is 4.75. The summed E-state index contributed by atoms with van der Waals surface area (Å²) in [6, 6.07) is 2.15. The summed E-state index contributed by atoms with van der Waals surface area (Å²) in [5, 5.41) is 6.55. The monoisotopic (exact) mass is 290 g/mol. The molecule has 0 aliphatic carbocycles. The van der Waals surface area contributed by atoms with Gasteiger partial charge in [-0.15, -0.1) is 11.3 Å². The van der Waals surface area contributed by atoms with Gasteiger partial charge in [0.15, 0.2) is 0 Å². The molecule has 2 aromatic heterocycles. The number of nitrogens with zero attached hydrogens (tertiary/aromatic N) is 3. The molecule has 1 N–H and O–H groups in total. The van der Waals surface area contributed by atoms with Crippen molar-refractivity contribution in [1.29, 1.82) is 0 Å². The normalized spacial score (nSPS) is 19.2. The minimum atomic E-state index is 0.744. The minimum Gasteiger partial charge on any atom is -0.356 e. The Hall–Kier alpha value is -1.36. The van der Waals surface area contributed by atoms with E-state index < -0.39 is 0 Å². The van der Waals surface area contributed by atoms with Crippen LogP contribution in [0.4, 0.5) is 11.8 Å². The van der Waals surface area contributed by atoms with Gasteiger partial charge in [-0.25, -0.2) is 4.98 Å². The van der Waals surface area contributed by atoms with Gasteiger partial charge in [0.2, 0.25) is 5.95 Å². The number of rotatable bonds is 4. The van der Waals surface area contributed by atoms with Crippen LogP contribution >= 0.6 is 11.3 Å². The van der Waals surface area contributed by atoms with Crippen molar-refractivity contribution in [3.8, 4) is 0 Å². The molecule has 1 fully saturated rings. The van der Waals surface area contributed by atoms with Crippen LogP contribution in [0.2, 0.25) is 0 Å². The van der Waals surface area contributed by atoms with Crippen LogP contribution in [0.3, 0.4) is 0 Å². The van der Waals surface area contributed by atoms with E-state index in [-0.39, 0.29) is 0 Å². The Labute approximate surface area is 124 Å². The Kier molecular flexibility index (Phi) is 3.78. The largest absolute Gasteiger partial charge is 0.356 e. The highest BCUT2D eigenvalue weighted by atomic mass is 32.1. The van der Waals surface area contributed by atoms with E-state index in [1.807, 2.05) is 0 Å². The van der Waals surface area contributed by atoms with Crippen molar-refractivity contribution in [1.82, 2.24) is 9.97 Å². The number of fused-ring (bicyclic) bond motifs is 1. The van der Waals surface area contributed by atoms with Crippen LogP contribution in [0.5, 0.6) is 0 Å². The predicted molar refractivity (Wildman–Crippen MR) is 86.7 cm³/mol. The van der Waals surface area contributed by atoms with E-state index in [9.17, 15) is 0 Å². The molecule has 1 atom stereocenters. The Morgan fingerprint density at radius 2 is 2.30 bits per heavy atom. The number of hydrogen-bond donors (Lipinski definition) is 1. The second-order valence-corrected chi connectivity index (χ2v) is 6.67. The lowest BCUT2D eigenvalue weighted by atomic mass is 9.95. The van der Waals surface area contributed by atoms with Crippen LogP contribution in [0.1, 0.15) is 27.2 Å². The molecular weight excluding hydrogens is 268 g/mol. The van der Waals surface area contributed by atoms with Gasteiger partial charge in [-0.05, 0) is 36.6 Å². The lowest BCUT2D eigenvalue weighted by molar-refractivity contribution is 0.422. The van der Waals surface area contributed by atoms with Gasteiger partial charge in [0, 0.05) is 19.6 Å². The zero-order chi connectivity index (χ0) is 14.1. The molecule has 3 rings (SSSR count). The average molecular weight is 290 g/mol. The molecule has 0 aromatic carbocycles. The van der Waals surface area contributed by atoms with Crippen molar-refractivity contribution in [2.75, 3.05) is 29.9 Å². The van der Waals surface area contributed by atoms with Crippen molar-refractivity contribution >= 4 is 33.3 Å². The third-order valence-electron chi connectivity index (χ3n) is 4.11. The van der Waals surface area contributed by atoms with E-state index in [0.717, 1.165) is 48.1 Å². The molecule has 0 saturated carbocycles.